The molecule has 0 aliphatic carbocycles. The molecule has 314 valence electrons. The fourth-order valence-electron chi connectivity index (χ4n) is 9.94. The molecule has 0 amide bonds. The molecule has 1 aromatic heterocycles. The molecular weight excluding hydrogens is 783 g/mol. The summed E-state index contributed by atoms with van der Waals surface area (Å²) >= 11 is 0. The van der Waals surface area contributed by atoms with E-state index in [9.17, 15) is 0 Å². The molecular formula is C64H53N. The van der Waals surface area contributed by atoms with Crippen molar-refractivity contribution in [2.24, 2.45) is 0 Å². The van der Waals surface area contributed by atoms with E-state index in [1.165, 1.54) is 39.0 Å². The Balaban J connectivity index is 1.31. The number of hydrogen-bond donors (Lipinski definition) is 0. The van der Waals surface area contributed by atoms with E-state index < -0.39 is 10.8 Å². The van der Waals surface area contributed by atoms with Crippen LogP contribution in [-0.2, 0) is 10.8 Å². The summed E-state index contributed by atoms with van der Waals surface area (Å²) in [5, 5.41) is 0. The van der Waals surface area contributed by atoms with Crippen LogP contribution in [0, 0.1) is 0 Å². The number of benzene rings is 8. The summed E-state index contributed by atoms with van der Waals surface area (Å²) in [7, 11) is 0. The van der Waals surface area contributed by atoms with Crippen LogP contribution in [0.15, 0.2) is 273 Å². The largest absolute Gasteiger partial charge is 0.248 e. The molecule has 0 radical (unpaired) electrons. The van der Waals surface area contributed by atoms with Gasteiger partial charge in [-0.05, 0) is 112 Å². The maximum atomic E-state index is 5.64. The van der Waals surface area contributed by atoms with Crippen molar-refractivity contribution < 1.29 is 0 Å². The molecule has 1 nitrogen and oxygen atoms in total. The highest BCUT2D eigenvalue weighted by Gasteiger charge is 2.40. The lowest BCUT2D eigenvalue weighted by molar-refractivity contribution is 0.745. The summed E-state index contributed by atoms with van der Waals surface area (Å²) in [4.78, 5) is 5.64. The summed E-state index contributed by atoms with van der Waals surface area (Å²) in [6.45, 7) is 10.7. The third kappa shape index (κ3) is 7.92. The molecule has 0 saturated carbocycles. The molecule has 8 aromatic carbocycles. The summed E-state index contributed by atoms with van der Waals surface area (Å²) in [5.41, 5.74) is 16.7. The first kappa shape index (κ1) is 42.4. The predicted molar refractivity (Wildman–Crippen MR) is 274 cm³/mol. The summed E-state index contributed by atoms with van der Waals surface area (Å²) in [5.74, 6) is 0. The molecule has 0 saturated heterocycles. The van der Waals surface area contributed by atoms with Crippen LogP contribution < -0.4 is 0 Å². The second kappa shape index (κ2) is 18.9. The molecule has 0 N–H and O–H groups in total. The van der Waals surface area contributed by atoms with Gasteiger partial charge in [0, 0.05) is 11.1 Å². The molecule has 1 heteroatoms. The van der Waals surface area contributed by atoms with Gasteiger partial charge in [-0.3, -0.25) is 0 Å². The van der Waals surface area contributed by atoms with Crippen molar-refractivity contribution in [2.45, 2.75) is 31.6 Å². The van der Waals surface area contributed by atoms with Crippen LogP contribution >= 0.6 is 0 Å². The third-order valence-electron chi connectivity index (χ3n) is 13.1. The van der Waals surface area contributed by atoms with Gasteiger partial charge in [0.2, 0.25) is 0 Å². The van der Waals surface area contributed by atoms with Crippen LogP contribution in [0.2, 0.25) is 0 Å². The van der Waals surface area contributed by atoms with Crippen molar-refractivity contribution in [1.82, 2.24) is 4.98 Å². The number of rotatable bonds is 13. The van der Waals surface area contributed by atoms with E-state index in [1.807, 2.05) is 6.08 Å². The zero-order valence-electron chi connectivity index (χ0n) is 37.4. The number of hydrogen-bond acceptors (Lipinski definition) is 1. The van der Waals surface area contributed by atoms with E-state index in [1.54, 1.807) is 0 Å². The Kier molecular flexibility index (Phi) is 12.3. The van der Waals surface area contributed by atoms with Gasteiger partial charge in [0.05, 0.1) is 22.2 Å². The topological polar surface area (TPSA) is 12.9 Å². The normalized spacial score (nSPS) is 12.3. The zero-order valence-corrected chi connectivity index (χ0v) is 37.4. The first-order chi connectivity index (χ1) is 32.0. The van der Waals surface area contributed by atoms with E-state index >= 15 is 0 Å². The van der Waals surface area contributed by atoms with Crippen LogP contribution in [-0.4, -0.2) is 4.98 Å². The average Bonchev–Trinajstić information content (AvgIpc) is 3.39. The van der Waals surface area contributed by atoms with Gasteiger partial charge in [-0.1, -0.05) is 237 Å². The van der Waals surface area contributed by atoms with Gasteiger partial charge >= 0.3 is 0 Å². The van der Waals surface area contributed by atoms with E-state index in [0.29, 0.717) is 0 Å². The molecule has 0 fully saturated rings. The number of nitrogens with zero attached hydrogens (tertiary/aromatic N) is 1. The molecule has 65 heavy (non-hydrogen) atoms. The van der Waals surface area contributed by atoms with Crippen molar-refractivity contribution in [2.75, 3.05) is 0 Å². The standard InChI is InChI=1S/C64H53N/c1-5-47(3)62(48(4)6-2)51-45-60(49-27-25-41-58(43-49)63(52-29-13-7-14-30-52,53-31-15-8-16-32-53)54-33-17-9-18-34-54)65-61(46-51)50-28-26-42-59(44-50)64(55-35-19-10-20-36-55,56-37-21-11-22-38-56)57-39-23-12-24-40-57/h5-46H,1H2,2-4H3/b48-6-,62-47+. The van der Waals surface area contributed by atoms with Gasteiger partial charge < -0.3 is 0 Å². The van der Waals surface area contributed by atoms with Crippen molar-refractivity contribution in [3.8, 4) is 22.5 Å². The van der Waals surface area contributed by atoms with Crippen molar-refractivity contribution >= 4 is 5.57 Å². The zero-order chi connectivity index (χ0) is 44.6. The van der Waals surface area contributed by atoms with Gasteiger partial charge in [0.15, 0.2) is 0 Å². The Labute approximate surface area is 385 Å². The van der Waals surface area contributed by atoms with Crippen LogP contribution in [0.3, 0.4) is 0 Å². The monoisotopic (exact) mass is 835 g/mol. The number of aromatic nitrogens is 1. The van der Waals surface area contributed by atoms with Crippen molar-refractivity contribution in [3.63, 3.8) is 0 Å². The smallest absolute Gasteiger partial charge is 0.0715 e. The van der Waals surface area contributed by atoms with Crippen molar-refractivity contribution in [3.05, 3.63) is 323 Å². The number of allylic oxidation sites excluding steroid dienone is 5. The number of pyridine rings is 1. The molecule has 1 heterocycles. The third-order valence-corrected chi connectivity index (χ3v) is 13.1. The van der Waals surface area contributed by atoms with E-state index in [2.05, 4.69) is 276 Å². The lowest BCUT2D eigenvalue weighted by Gasteiger charge is -2.37. The molecule has 0 aliphatic rings. The molecule has 0 atom stereocenters. The minimum Gasteiger partial charge on any atom is -0.248 e. The van der Waals surface area contributed by atoms with E-state index in [-0.39, 0.29) is 0 Å². The Morgan fingerprint density at radius 1 is 0.385 bits per heavy atom. The van der Waals surface area contributed by atoms with Crippen LogP contribution in [0.1, 0.15) is 70.8 Å². The lowest BCUT2D eigenvalue weighted by atomic mass is 9.65. The van der Waals surface area contributed by atoms with Crippen LogP contribution in [0.4, 0.5) is 0 Å². The maximum Gasteiger partial charge on any atom is 0.0715 e. The first-order valence-corrected chi connectivity index (χ1v) is 22.5. The Bertz CT molecular complexity index is 2710. The van der Waals surface area contributed by atoms with Gasteiger partial charge in [0.1, 0.15) is 0 Å². The maximum absolute atomic E-state index is 5.64. The SMILES string of the molecule is C=C/C(C)=C(\C(C)=C/C)c1cc(-c2cccc(C(c3ccccc3)(c3ccccc3)c3ccccc3)c2)nc(-c2cccc(C(c3ccccc3)(c3ccccc3)c3ccccc3)c2)c1. The van der Waals surface area contributed by atoms with Gasteiger partial charge in [-0.25, -0.2) is 4.98 Å². The second-order valence-corrected chi connectivity index (χ2v) is 16.7. The molecule has 9 aromatic rings. The minimum atomic E-state index is -0.601. The lowest BCUT2D eigenvalue weighted by Crippen LogP contribution is -2.31. The Morgan fingerprint density at radius 3 is 0.954 bits per heavy atom. The highest BCUT2D eigenvalue weighted by Crippen LogP contribution is 2.48. The highest BCUT2D eigenvalue weighted by atomic mass is 14.7. The van der Waals surface area contributed by atoms with Crippen LogP contribution in [0.25, 0.3) is 28.1 Å². The molecule has 0 bridgehead atoms. The second-order valence-electron chi connectivity index (χ2n) is 16.7. The summed E-state index contributed by atoms with van der Waals surface area (Å²) in [6.07, 6.45) is 4.15. The Morgan fingerprint density at radius 2 is 0.677 bits per heavy atom. The van der Waals surface area contributed by atoms with E-state index in [4.69, 9.17) is 4.98 Å². The Hall–Kier alpha value is -7.87. The quantitative estimate of drug-likeness (QED) is 0.0833. The molecule has 0 aliphatic heterocycles. The average molecular weight is 836 g/mol. The molecule has 0 unspecified atom stereocenters. The minimum absolute atomic E-state index is 0.601. The predicted octanol–water partition coefficient (Wildman–Crippen LogP) is 16.1. The van der Waals surface area contributed by atoms with Gasteiger partial charge in [-0.15, -0.1) is 0 Å². The highest BCUT2D eigenvalue weighted by molar-refractivity contribution is 5.86. The fraction of sp³-hybridized carbons (Fsp3) is 0.0781. The summed E-state index contributed by atoms with van der Waals surface area (Å²) < 4.78 is 0. The molecule has 0 spiro atoms. The first-order valence-electron chi connectivity index (χ1n) is 22.5. The fourth-order valence-corrected chi connectivity index (χ4v) is 9.94. The van der Waals surface area contributed by atoms with E-state index in [0.717, 1.165) is 50.4 Å². The summed E-state index contributed by atoms with van der Waals surface area (Å²) in [6, 6.07) is 88.0. The van der Waals surface area contributed by atoms with Gasteiger partial charge in [-0.2, -0.15) is 0 Å². The van der Waals surface area contributed by atoms with Crippen LogP contribution in [0.5, 0.6) is 0 Å². The van der Waals surface area contributed by atoms with Gasteiger partial charge in [0.25, 0.3) is 0 Å². The molecule has 9 rings (SSSR count). The van der Waals surface area contributed by atoms with Crippen molar-refractivity contribution in [1.29, 1.82) is 0 Å².